The van der Waals surface area contributed by atoms with Crippen molar-refractivity contribution in [2.45, 2.75) is 18.4 Å². The molecule has 0 aromatic carbocycles. The van der Waals surface area contributed by atoms with E-state index in [0.29, 0.717) is 12.8 Å². The summed E-state index contributed by atoms with van der Waals surface area (Å²) < 4.78 is 25.0. The fraction of sp³-hybridized carbons (Fsp3) is 0.556. The van der Waals surface area contributed by atoms with E-state index in [4.69, 9.17) is 0 Å². The minimum Gasteiger partial charge on any atom is -0.301 e. The van der Waals surface area contributed by atoms with Gasteiger partial charge in [0.05, 0.1) is 22.2 Å². The SMILES string of the molecule is O=CC1(n2cc(Br)cn2)CCS(=O)(=O)CC1. The molecule has 0 N–H and O–H groups in total. The van der Waals surface area contributed by atoms with Gasteiger partial charge in [-0.2, -0.15) is 5.10 Å². The molecule has 0 amide bonds. The van der Waals surface area contributed by atoms with Gasteiger partial charge in [-0.05, 0) is 28.8 Å². The lowest BCUT2D eigenvalue weighted by Crippen LogP contribution is -2.43. The van der Waals surface area contributed by atoms with Crippen LogP contribution in [0, 0.1) is 0 Å². The van der Waals surface area contributed by atoms with Crippen LogP contribution >= 0.6 is 15.9 Å². The Bertz CT molecular complexity index is 495. The predicted octanol–water partition coefficient (Wildman–Crippen LogP) is 0.748. The number of hydrogen-bond acceptors (Lipinski definition) is 4. The average Bonchev–Trinajstić information content (AvgIpc) is 2.66. The summed E-state index contributed by atoms with van der Waals surface area (Å²) in [5.41, 5.74) is -0.794. The largest absolute Gasteiger partial charge is 0.301 e. The smallest absolute Gasteiger partial charge is 0.150 e. The summed E-state index contributed by atoms with van der Waals surface area (Å²) in [4.78, 5) is 11.2. The molecule has 0 radical (unpaired) electrons. The molecule has 1 aliphatic rings. The van der Waals surface area contributed by atoms with Gasteiger partial charge in [0, 0.05) is 6.20 Å². The van der Waals surface area contributed by atoms with Crippen molar-refractivity contribution in [2.24, 2.45) is 0 Å². The number of halogens is 1. The summed E-state index contributed by atoms with van der Waals surface area (Å²) in [7, 11) is -2.98. The van der Waals surface area contributed by atoms with E-state index in [2.05, 4.69) is 21.0 Å². The maximum atomic E-state index is 11.3. The van der Waals surface area contributed by atoms with E-state index >= 15 is 0 Å². The maximum absolute atomic E-state index is 11.3. The maximum Gasteiger partial charge on any atom is 0.150 e. The Morgan fingerprint density at radius 3 is 2.50 bits per heavy atom. The molecule has 1 fully saturated rings. The third kappa shape index (κ3) is 2.06. The topological polar surface area (TPSA) is 69.0 Å². The molecule has 2 heterocycles. The van der Waals surface area contributed by atoms with Gasteiger partial charge >= 0.3 is 0 Å². The minimum atomic E-state index is -2.98. The Morgan fingerprint density at radius 1 is 1.44 bits per heavy atom. The van der Waals surface area contributed by atoms with Crippen LogP contribution in [0.3, 0.4) is 0 Å². The van der Waals surface area contributed by atoms with Crippen LogP contribution in [0.2, 0.25) is 0 Å². The van der Waals surface area contributed by atoms with E-state index in [9.17, 15) is 13.2 Å². The van der Waals surface area contributed by atoms with Crippen LogP contribution < -0.4 is 0 Å². The van der Waals surface area contributed by atoms with Crippen molar-refractivity contribution >= 4 is 32.1 Å². The molecular formula is C9H11BrN2O3S. The summed E-state index contributed by atoms with van der Waals surface area (Å²) in [5.74, 6) is 0.0897. The highest BCUT2D eigenvalue weighted by molar-refractivity contribution is 9.10. The number of sulfone groups is 1. The molecule has 1 aliphatic heterocycles. The highest BCUT2D eigenvalue weighted by atomic mass is 79.9. The van der Waals surface area contributed by atoms with Crippen LogP contribution in [0.15, 0.2) is 16.9 Å². The van der Waals surface area contributed by atoms with E-state index < -0.39 is 15.4 Å². The van der Waals surface area contributed by atoms with Crippen molar-refractivity contribution in [3.05, 3.63) is 16.9 Å². The summed E-state index contributed by atoms with van der Waals surface area (Å²) >= 11 is 3.26. The number of carbonyl (C=O) groups excluding carboxylic acids is 1. The van der Waals surface area contributed by atoms with Crippen LogP contribution in [-0.4, -0.2) is 36.0 Å². The zero-order valence-corrected chi connectivity index (χ0v) is 10.9. The molecule has 0 bridgehead atoms. The first-order chi connectivity index (χ1) is 7.47. The lowest BCUT2D eigenvalue weighted by molar-refractivity contribution is -0.116. The third-order valence-electron chi connectivity index (χ3n) is 2.92. The Hall–Kier alpha value is -0.690. The van der Waals surface area contributed by atoms with Crippen molar-refractivity contribution in [1.29, 1.82) is 0 Å². The number of rotatable bonds is 2. The number of aromatic nitrogens is 2. The third-order valence-corrected chi connectivity index (χ3v) is 4.98. The van der Waals surface area contributed by atoms with Gasteiger partial charge in [-0.25, -0.2) is 8.42 Å². The first-order valence-electron chi connectivity index (χ1n) is 4.85. The van der Waals surface area contributed by atoms with Crippen LogP contribution in [0.4, 0.5) is 0 Å². The van der Waals surface area contributed by atoms with Crippen molar-refractivity contribution < 1.29 is 13.2 Å². The number of nitrogens with zero attached hydrogens (tertiary/aromatic N) is 2. The molecule has 7 heteroatoms. The second-order valence-electron chi connectivity index (χ2n) is 3.98. The van der Waals surface area contributed by atoms with E-state index in [1.807, 2.05) is 0 Å². The van der Waals surface area contributed by atoms with E-state index in [1.54, 1.807) is 17.1 Å². The van der Waals surface area contributed by atoms with Crippen LogP contribution in [0.25, 0.3) is 0 Å². The molecule has 1 saturated heterocycles. The Balaban J connectivity index is 2.32. The van der Waals surface area contributed by atoms with Crippen molar-refractivity contribution in [2.75, 3.05) is 11.5 Å². The minimum absolute atomic E-state index is 0.0449. The quantitative estimate of drug-likeness (QED) is 0.756. The van der Waals surface area contributed by atoms with E-state index in [1.165, 1.54) is 0 Å². The molecule has 5 nitrogen and oxygen atoms in total. The second kappa shape index (κ2) is 3.96. The van der Waals surface area contributed by atoms with Gasteiger partial charge in [-0.1, -0.05) is 0 Å². The molecule has 16 heavy (non-hydrogen) atoms. The summed E-state index contributed by atoms with van der Waals surface area (Å²) in [6, 6.07) is 0. The first-order valence-corrected chi connectivity index (χ1v) is 7.46. The van der Waals surface area contributed by atoms with Gasteiger partial charge in [0.15, 0.2) is 9.84 Å². The molecule has 0 aliphatic carbocycles. The Kier molecular flexibility index (Phi) is 2.91. The molecule has 88 valence electrons. The highest BCUT2D eigenvalue weighted by Crippen LogP contribution is 2.29. The standard InChI is InChI=1S/C9H11BrN2O3S/c10-8-5-11-12(6-8)9(7-13)1-3-16(14,15)4-2-9/h5-7H,1-4H2. The second-order valence-corrected chi connectivity index (χ2v) is 7.20. The summed E-state index contributed by atoms with van der Waals surface area (Å²) in [6.45, 7) is 0. The number of hydrogen-bond donors (Lipinski definition) is 0. The first kappa shape index (κ1) is 11.8. The lowest BCUT2D eigenvalue weighted by atomic mass is 9.94. The van der Waals surface area contributed by atoms with E-state index in [0.717, 1.165) is 10.8 Å². The molecule has 1 aromatic rings. The van der Waals surface area contributed by atoms with Gasteiger partial charge in [0.25, 0.3) is 0 Å². The van der Waals surface area contributed by atoms with E-state index in [-0.39, 0.29) is 11.5 Å². The normalized spacial score (nSPS) is 22.8. The van der Waals surface area contributed by atoms with Crippen molar-refractivity contribution in [3.63, 3.8) is 0 Å². The monoisotopic (exact) mass is 306 g/mol. The number of carbonyl (C=O) groups is 1. The fourth-order valence-corrected chi connectivity index (χ4v) is 3.66. The fourth-order valence-electron chi connectivity index (χ4n) is 1.84. The molecule has 0 atom stereocenters. The molecular weight excluding hydrogens is 296 g/mol. The molecule has 1 aromatic heterocycles. The van der Waals surface area contributed by atoms with Crippen LogP contribution in [0.1, 0.15) is 12.8 Å². The van der Waals surface area contributed by atoms with Gasteiger partial charge in [0.2, 0.25) is 0 Å². The predicted molar refractivity (Wildman–Crippen MR) is 61.9 cm³/mol. The highest BCUT2D eigenvalue weighted by Gasteiger charge is 2.39. The molecule has 0 unspecified atom stereocenters. The van der Waals surface area contributed by atoms with Crippen LogP contribution in [0.5, 0.6) is 0 Å². The molecule has 0 spiro atoms. The molecule has 0 saturated carbocycles. The lowest BCUT2D eigenvalue weighted by Gasteiger charge is -2.32. The van der Waals surface area contributed by atoms with Gasteiger partial charge in [-0.3, -0.25) is 4.68 Å². The zero-order valence-electron chi connectivity index (χ0n) is 8.47. The van der Waals surface area contributed by atoms with Gasteiger partial charge in [-0.15, -0.1) is 0 Å². The van der Waals surface area contributed by atoms with Gasteiger partial charge in [0.1, 0.15) is 11.8 Å². The zero-order chi connectivity index (χ0) is 11.8. The van der Waals surface area contributed by atoms with Crippen LogP contribution in [-0.2, 0) is 20.2 Å². The Morgan fingerprint density at radius 2 is 2.06 bits per heavy atom. The van der Waals surface area contributed by atoms with Gasteiger partial charge < -0.3 is 4.79 Å². The average molecular weight is 307 g/mol. The molecule has 2 rings (SSSR count). The summed E-state index contributed by atoms with van der Waals surface area (Å²) in [6.07, 6.45) is 4.70. The van der Waals surface area contributed by atoms with Crippen molar-refractivity contribution in [3.8, 4) is 0 Å². The van der Waals surface area contributed by atoms with Crippen molar-refractivity contribution in [1.82, 2.24) is 9.78 Å². The number of aldehydes is 1. The summed E-state index contributed by atoms with van der Waals surface area (Å²) in [5, 5.41) is 4.07. The Labute approximate surface area is 102 Å².